The van der Waals surface area contributed by atoms with Crippen molar-refractivity contribution in [2.45, 2.75) is 33.7 Å². The van der Waals surface area contributed by atoms with Crippen LogP contribution in [0.3, 0.4) is 0 Å². The fraction of sp³-hybridized carbons (Fsp3) is 0.400. The van der Waals surface area contributed by atoms with Crippen LogP contribution in [0.5, 0.6) is 0 Å². The lowest BCUT2D eigenvalue weighted by molar-refractivity contribution is 0.597. The molecular formula is C15H20ClN3. The SMILES string of the molecule is CCNC(C)c1cccc(-n2nc(C)c(Cl)c2C)c1. The molecule has 0 aliphatic rings. The van der Waals surface area contributed by atoms with Crippen LogP contribution in [-0.4, -0.2) is 16.3 Å². The minimum atomic E-state index is 0.331. The summed E-state index contributed by atoms with van der Waals surface area (Å²) in [7, 11) is 0. The molecule has 0 aliphatic carbocycles. The van der Waals surface area contributed by atoms with Gasteiger partial charge in [-0.3, -0.25) is 0 Å². The number of hydrogen-bond acceptors (Lipinski definition) is 2. The summed E-state index contributed by atoms with van der Waals surface area (Å²) in [6, 6.07) is 8.73. The van der Waals surface area contributed by atoms with Crippen molar-refractivity contribution in [2.75, 3.05) is 6.54 Å². The largest absolute Gasteiger partial charge is 0.310 e. The van der Waals surface area contributed by atoms with Gasteiger partial charge in [-0.05, 0) is 45.0 Å². The molecule has 0 saturated carbocycles. The Morgan fingerprint density at radius 1 is 1.37 bits per heavy atom. The normalized spacial score (nSPS) is 12.7. The zero-order valence-electron chi connectivity index (χ0n) is 11.9. The molecule has 0 fully saturated rings. The molecule has 1 N–H and O–H groups in total. The molecule has 0 radical (unpaired) electrons. The summed E-state index contributed by atoms with van der Waals surface area (Å²) < 4.78 is 1.90. The lowest BCUT2D eigenvalue weighted by atomic mass is 10.1. The van der Waals surface area contributed by atoms with Crippen LogP contribution in [0, 0.1) is 13.8 Å². The highest BCUT2D eigenvalue weighted by molar-refractivity contribution is 6.31. The van der Waals surface area contributed by atoms with Gasteiger partial charge in [-0.15, -0.1) is 0 Å². The summed E-state index contributed by atoms with van der Waals surface area (Å²) in [6.07, 6.45) is 0. The Morgan fingerprint density at radius 3 is 2.68 bits per heavy atom. The van der Waals surface area contributed by atoms with Crippen LogP contribution in [-0.2, 0) is 0 Å². The average molecular weight is 278 g/mol. The van der Waals surface area contributed by atoms with Crippen molar-refractivity contribution in [3.8, 4) is 5.69 Å². The predicted molar refractivity (Wildman–Crippen MR) is 80.1 cm³/mol. The average Bonchev–Trinajstić information content (AvgIpc) is 2.67. The number of nitrogens with zero attached hydrogens (tertiary/aromatic N) is 2. The van der Waals surface area contributed by atoms with E-state index in [2.05, 4.69) is 48.5 Å². The summed E-state index contributed by atoms with van der Waals surface area (Å²) in [4.78, 5) is 0. The smallest absolute Gasteiger partial charge is 0.0848 e. The third-order valence-corrected chi connectivity index (χ3v) is 3.88. The van der Waals surface area contributed by atoms with Crippen LogP contribution in [0.25, 0.3) is 5.69 Å². The van der Waals surface area contributed by atoms with Gasteiger partial charge >= 0.3 is 0 Å². The van der Waals surface area contributed by atoms with Crippen LogP contribution in [0.1, 0.15) is 36.8 Å². The van der Waals surface area contributed by atoms with Gasteiger partial charge in [-0.1, -0.05) is 30.7 Å². The molecule has 1 aromatic carbocycles. The van der Waals surface area contributed by atoms with Gasteiger partial charge in [-0.2, -0.15) is 5.10 Å². The van der Waals surface area contributed by atoms with Crippen molar-refractivity contribution >= 4 is 11.6 Å². The molecule has 102 valence electrons. The second kappa shape index (κ2) is 5.76. The predicted octanol–water partition coefficient (Wildman–Crippen LogP) is 3.81. The first kappa shape index (κ1) is 14.1. The van der Waals surface area contributed by atoms with Gasteiger partial charge in [0.05, 0.1) is 22.1 Å². The van der Waals surface area contributed by atoms with Crippen molar-refractivity contribution in [1.82, 2.24) is 15.1 Å². The Hall–Kier alpha value is -1.32. The Morgan fingerprint density at radius 2 is 2.11 bits per heavy atom. The fourth-order valence-corrected chi connectivity index (χ4v) is 2.34. The molecule has 0 bridgehead atoms. The second-order valence-corrected chi connectivity index (χ2v) is 5.15. The highest BCUT2D eigenvalue weighted by Crippen LogP contribution is 2.24. The molecule has 0 saturated heterocycles. The van der Waals surface area contributed by atoms with Gasteiger partial charge in [0.2, 0.25) is 0 Å². The number of benzene rings is 1. The van der Waals surface area contributed by atoms with Crippen LogP contribution < -0.4 is 5.32 Å². The lowest BCUT2D eigenvalue weighted by Gasteiger charge is -2.14. The van der Waals surface area contributed by atoms with Crippen LogP contribution in [0.15, 0.2) is 24.3 Å². The van der Waals surface area contributed by atoms with E-state index in [-0.39, 0.29) is 0 Å². The zero-order valence-corrected chi connectivity index (χ0v) is 12.6. The van der Waals surface area contributed by atoms with Crippen molar-refractivity contribution in [1.29, 1.82) is 0 Å². The summed E-state index contributed by atoms with van der Waals surface area (Å²) in [5.74, 6) is 0. The van der Waals surface area contributed by atoms with Crippen LogP contribution >= 0.6 is 11.6 Å². The molecule has 1 unspecified atom stereocenters. The zero-order chi connectivity index (χ0) is 14.0. The Bertz CT molecular complexity index is 575. The van der Waals surface area contributed by atoms with E-state index in [1.807, 2.05) is 18.5 Å². The van der Waals surface area contributed by atoms with E-state index in [0.717, 1.165) is 28.6 Å². The maximum atomic E-state index is 6.20. The van der Waals surface area contributed by atoms with Crippen molar-refractivity contribution in [2.24, 2.45) is 0 Å². The van der Waals surface area contributed by atoms with Crippen molar-refractivity contribution < 1.29 is 0 Å². The molecule has 4 heteroatoms. The maximum absolute atomic E-state index is 6.20. The van der Waals surface area contributed by atoms with E-state index in [4.69, 9.17) is 11.6 Å². The highest BCUT2D eigenvalue weighted by atomic mass is 35.5. The Kier molecular flexibility index (Phi) is 4.27. The third-order valence-electron chi connectivity index (χ3n) is 3.33. The van der Waals surface area contributed by atoms with E-state index in [1.165, 1.54) is 5.56 Å². The summed E-state index contributed by atoms with van der Waals surface area (Å²) in [5, 5.41) is 8.65. The third kappa shape index (κ3) is 2.82. The monoisotopic (exact) mass is 277 g/mol. The summed E-state index contributed by atoms with van der Waals surface area (Å²) in [5.41, 5.74) is 4.15. The minimum Gasteiger partial charge on any atom is -0.310 e. The molecule has 2 aromatic rings. The molecule has 0 aliphatic heterocycles. The topological polar surface area (TPSA) is 29.9 Å². The molecule has 1 atom stereocenters. The van der Waals surface area contributed by atoms with Gasteiger partial charge < -0.3 is 5.32 Å². The minimum absolute atomic E-state index is 0.331. The summed E-state index contributed by atoms with van der Waals surface area (Å²) in [6.45, 7) is 9.15. The summed E-state index contributed by atoms with van der Waals surface area (Å²) >= 11 is 6.20. The van der Waals surface area contributed by atoms with Gasteiger partial charge in [0.15, 0.2) is 0 Å². The standard InChI is InChI=1S/C15H20ClN3/c1-5-17-10(2)13-7-6-8-14(9-13)19-12(4)15(16)11(3)18-19/h6-10,17H,5H2,1-4H3. The first-order chi connectivity index (χ1) is 9.04. The van der Waals surface area contributed by atoms with E-state index in [9.17, 15) is 0 Å². The van der Waals surface area contributed by atoms with E-state index in [0.29, 0.717) is 6.04 Å². The van der Waals surface area contributed by atoms with E-state index in [1.54, 1.807) is 0 Å². The number of nitrogens with one attached hydrogen (secondary N) is 1. The van der Waals surface area contributed by atoms with Gasteiger partial charge in [0, 0.05) is 6.04 Å². The first-order valence-corrected chi connectivity index (χ1v) is 6.97. The number of hydrogen-bond donors (Lipinski definition) is 1. The second-order valence-electron chi connectivity index (χ2n) is 4.77. The van der Waals surface area contributed by atoms with Gasteiger partial charge in [0.1, 0.15) is 0 Å². The quantitative estimate of drug-likeness (QED) is 0.921. The molecule has 0 amide bonds. The number of rotatable bonds is 4. The highest BCUT2D eigenvalue weighted by Gasteiger charge is 2.12. The fourth-order valence-electron chi connectivity index (χ4n) is 2.22. The lowest BCUT2D eigenvalue weighted by Crippen LogP contribution is -2.17. The Balaban J connectivity index is 2.40. The van der Waals surface area contributed by atoms with E-state index >= 15 is 0 Å². The number of aryl methyl sites for hydroxylation is 1. The van der Waals surface area contributed by atoms with Crippen molar-refractivity contribution in [3.05, 3.63) is 46.2 Å². The maximum Gasteiger partial charge on any atom is 0.0848 e. The molecule has 3 nitrogen and oxygen atoms in total. The van der Waals surface area contributed by atoms with Gasteiger partial charge in [-0.25, -0.2) is 4.68 Å². The first-order valence-electron chi connectivity index (χ1n) is 6.60. The molecule has 0 spiro atoms. The number of aromatic nitrogens is 2. The molecule has 2 rings (SSSR count). The van der Waals surface area contributed by atoms with E-state index < -0.39 is 0 Å². The molecule has 1 aromatic heterocycles. The van der Waals surface area contributed by atoms with Crippen LogP contribution in [0.4, 0.5) is 0 Å². The molecular weight excluding hydrogens is 258 g/mol. The Labute approximate surface area is 119 Å². The van der Waals surface area contributed by atoms with Crippen LogP contribution in [0.2, 0.25) is 5.02 Å². The molecule has 19 heavy (non-hydrogen) atoms. The molecule has 1 heterocycles. The number of halogens is 1. The van der Waals surface area contributed by atoms with Gasteiger partial charge in [0.25, 0.3) is 0 Å². The van der Waals surface area contributed by atoms with Crippen molar-refractivity contribution in [3.63, 3.8) is 0 Å².